The van der Waals surface area contributed by atoms with E-state index in [0.29, 0.717) is 44.8 Å². The van der Waals surface area contributed by atoms with Crippen LogP contribution in [0.3, 0.4) is 0 Å². The van der Waals surface area contributed by atoms with Gasteiger partial charge < -0.3 is 14.7 Å². The summed E-state index contributed by atoms with van der Waals surface area (Å²) in [5.41, 5.74) is 1.31. The van der Waals surface area contributed by atoms with E-state index in [2.05, 4.69) is 17.1 Å². The van der Waals surface area contributed by atoms with Gasteiger partial charge in [0.15, 0.2) is 0 Å². The fourth-order valence-electron chi connectivity index (χ4n) is 5.05. The molecule has 0 aliphatic carbocycles. The van der Waals surface area contributed by atoms with Crippen LogP contribution in [0.2, 0.25) is 0 Å². The molecule has 1 atom stereocenters. The van der Waals surface area contributed by atoms with Gasteiger partial charge in [-0.25, -0.2) is 0 Å². The molecule has 7 heteroatoms. The van der Waals surface area contributed by atoms with Gasteiger partial charge in [-0.15, -0.1) is 0 Å². The van der Waals surface area contributed by atoms with Crippen molar-refractivity contribution in [3.63, 3.8) is 0 Å². The topological polar surface area (TPSA) is 73.8 Å². The quantitative estimate of drug-likeness (QED) is 0.717. The molecule has 0 saturated carbocycles. The molecule has 4 rings (SSSR count). The summed E-state index contributed by atoms with van der Waals surface area (Å²) in [6.07, 6.45) is 9.11. The third-order valence-electron chi connectivity index (χ3n) is 6.86. The first-order valence-electron chi connectivity index (χ1n) is 11.4. The van der Waals surface area contributed by atoms with Gasteiger partial charge in [-0.3, -0.25) is 19.4 Å². The first kappa shape index (κ1) is 20.8. The van der Waals surface area contributed by atoms with E-state index in [4.69, 9.17) is 0 Å². The van der Waals surface area contributed by atoms with E-state index in [1.54, 1.807) is 0 Å². The zero-order valence-corrected chi connectivity index (χ0v) is 17.7. The Kier molecular flexibility index (Phi) is 6.65. The number of nitrogens with zero attached hydrogens (tertiary/aromatic N) is 4. The molecule has 1 aromatic rings. The molecule has 3 aliphatic heterocycles. The summed E-state index contributed by atoms with van der Waals surface area (Å²) in [6, 6.07) is 4.14. The molecule has 3 aliphatic rings. The number of rotatable bonds is 6. The summed E-state index contributed by atoms with van der Waals surface area (Å²) in [6.45, 7) is 4.28. The van der Waals surface area contributed by atoms with E-state index in [9.17, 15) is 14.4 Å². The SMILES string of the molecule is O=C1CCCN1CCCN1C[C@@H](C(=O)N2CCC(c3ccncc3)CC2)CCC1=O. The van der Waals surface area contributed by atoms with Crippen LogP contribution in [0.4, 0.5) is 0 Å². The van der Waals surface area contributed by atoms with Crippen LogP contribution in [0.5, 0.6) is 0 Å². The zero-order chi connectivity index (χ0) is 20.9. The highest BCUT2D eigenvalue weighted by Gasteiger charge is 2.34. The Hall–Kier alpha value is -2.44. The smallest absolute Gasteiger partial charge is 0.227 e. The van der Waals surface area contributed by atoms with E-state index in [0.717, 1.165) is 45.3 Å². The van der Waals surface area contributed by atoms with Crippen LogP contribution in [-0.4, -0.2) is 76.7 Å². The number of likely N-dealkylation sites (tertiary alicyclic amines) is 3. The number of carbonyl (C=O) groups is 3. The van der Waals surface area contributed by atoms with Crippen molar-refractivity contribution in [3.8, 4) is 0 Å². The van der Waals surface area contributed by atoms with Crippen LogP contribution < -0.4 is 0 Å². The van der Waals surface area contributed by atoms with Gasteiger partial charge in [0.1, 0.15) is 0 Å². The first-order valence-corrected chi connectivity index (χ1v) is 11.4. The maximum absolute atomic E-state index is 13.1. The van der Waals surface area contributed by atoms with Crippen molar-refractivity contribution < 1.29 is 14.4 Å². The van der Waals surface area contributed by atoms with Gasteiger partial charge in [0.05, 0.1) is 5.92 Å². The van der Waals surface area contributed by atoms with Gasteiger partial charge in [0.2, 0.25) is 17.7 Å². The third-order valence-corrected chi connectivity index (χ3v) is 6.86. The van der Waals surface area contributed by atoms with Crippen LogP contribution >= 0.6 is 0 Å². The lowest BCUT2D eigenvalue weighted by atomic mass is 9.88. The monoisotopic (exact) mass is 412 g/mol. The standard InChI is InChI=1S/C23H32N4O3/c28-21-3-1-12-25(21)13-2-14-27-17-20(4-5-22(27)29)23(30)26-15-8-19(9-16-26)18-6-10-24-11-7-18/h6-7,10-11,19-20H,1-5,8-9,12-17H2/t20-/m0/s1. The Morgan fingerprint density at radius 2 is 1.63 bits per heavy atom. The first-order chi connectivity index (χ1) is 14.6. The van der Waals surface area contributed by atoms with E-state index in [1.165, 1.54) is 5.56 Å². The molecule has 0 bridgehead atoms. The fraction of sp³-hybridized carbons (Fsp3) is 0.652. The molecule has 3 amide bonds. The molecule has 0 radical (unpaired) electrons. The number of pyridine rings is 1. The predicted octanol–water partition coefficient (Wildman–Crippen LogP) is 2.04. The lowest BCUT2D eigenvalue weighted by Gasteiger charge is -2.38. The van der Waals surface area contributed by atoms with Crippen molar-refractivity contribution in [1.82, 2.24) is 19.7 Å². The number of amides is 3. The second kappa shape index (κ2) is 9.58. The van der Waals surface area contributed by atoms with Crippen molar-refractivity contribution >= 4 is 17.7 Å². The Balaban J connectivity index is 1.25. The van der Waals surface area contributed by atoms with Gasteiger partial charge in [-0.1, -0.05) is 0 Å². The van der Waals surface area contributed by atoms with E-state index in [1.807, 2.05) is 27.1 Å². The molecule has 0 spiro atoms. The Labute approximate surface area is 178 Å². The number of carbonyl (C=O) groups excluding carboxylic acids is 3. The molecular weight excluding hydrogens is 380 g/mol. The molecule has 30 heavy (non-hydrogen) atoms. The lowest BCUT2D eigenvalue weighted by Crippen LogP contribution is -2.49. The fourth-order valence-corrected chi connectivity index (χ4v) is 5.05. The summed E-state index contributed by atoms with van der Waals surface area (Å²) in [4.78, 5) is 47.0. The van der Waals surface area contributed by atoms with Crippen LogP contribution in [0.1, 0.15) is 56.4 Å². The molecule has 162 valence electrons. The van der Waals surface area contributed by atoms with Gasteiger partial charge in [-0.05, 0) is 55.7 Å². The molecule has 3 fully saturated rings. The maximum Gasteiger partial charge on any atom is 0.227 e. The largest absolute Gasteiger partial charge is 0.343 e. The Bertz CT molecular complexity index is 761. The number of aromatic nitrogens is 1. The van der Waals surface area contributed by atoms with Crippen molar-refractivity contribution in [2.24, 2.45) is 5.92 Å². The number of hydrogen-bond acceptors (Lipinski definition) is 4. The van der Waals surface area contributed by atoms with Gasteiger partial charge in [0.25, 0.3) is 0 Å². The summed E-state index contributed by atoms with van der Waals surface area (Å²) >= 11 is 0. The van der Waals surface area contributed by atoms with Crippen molar-refractivity contribution in [3.05, 3.63) is 30.1 Å². The summed E-state index contributed by atoms with van der Waals surface area (Å²) in [5.74, 6) is 0.977. The highest BCUT2D eigenvalue weighted by molar-refractivity contribution is 5.84. The highest BCUT2D eigenvalue weighted by atomic mass is 16.2. The summed E-state index contributed by atoms with van der Waals surface area (Å²) < 4.78 is 0. The zero-order valence-electron chi connectivity index (χ0n) is 17.7. The molecule has 0 aromatic carbocycles. The average molecular weight is 413 g/mol. The van der Waals surface area contributed by atoms with Gasteiger partial charge >= 0.3 is 0 Å². The second-order valence-corrected chi connectivity index (χ2v) is 8.79. The molecule has 7 nitrogen and oxygen atoms in total. The minimum absolute atomic E-state index is 0.0893. The van der Waals surface area contributed by atoms with Crippen molar-refractivity contribution in [1.29, 1.82) is 0 Å². The molecule has 4 heterocycles. The van der Waals surface area contributed by atoms with Crippen LogP contribution in [0, 0.1) is 5.92 Å². The minimum atomic E-state index is -0.0893. The van der Waals surface area contributed by atoms with Crippen molar-refractivity contribution in [2.45, 2.75) is 50.9 Å². The molecule has 0 N–H and O–H groups in total. The molecule has 0 unspecified atom stereocenters. The molecular formula is C23H32N4O3. The van der Waals surface area contributed by atoms with Crippen LogP contribution in [-0.2, 0) is 14.4 Å². The lowest BCUT2D eigenvalue weighted by molar-refractivity contribution is -0.143. The normalized spacial score (nSPS) is 23.3. The summed E-state index contributed by atoms with van der Waals surface area (Å²) in [5, 5.41) is 0. The van der Waals surface area contributed by atoms with Gasteiger partial charge in [-0.2, -0.15) is 0 Å². The highest BCUT2D eigenvalue weighted by Crippen LogP contribution is 2.29. The van der Waals surface area contributed by atoms with Gasteiger partial charge in [0, 0.05) is 64.5 Å². The summed E-state index contributed by atoms with van der Waals surface area (Å²) in [7, 11) is 0. The predicted molar refractivity (Wildman–Crippen MR) is 113 cm³/mol. The average Bonchev–Trinajstić information content (AvgIpc) is 3.20. The second-order valence-electron chi connectivity index (χ2n) is 8.79. The van der Waals surface area contributed by atoms with E-state index < -0.39 is 0 Å². The number of hydrogen-bond donors (Lipinski definition) is 0. The van der Waals surface area contributed by atoms with Crippen LogP contribution in [0.25, 0.3) is 0 Å². The van der Waals surface area contributed by atoms with Crippen molar-refractivity contribution in [2.75, 3.05) is 39.3 Å². The van der Waals surface area contributed by atoms with E-state index in [-0.39, 0.29) is 23.6 Å². The molecule has 3 saturated heterocycles. The maximum atomic E-state index is 13.1. The Morgan fingerprint density at radius 3 is 2.33 bits per heavy atom. The Morgan fingerprint density at radius 1 is 0.933 bits per heavy atom. The van der Waals surface area contributed by atoms with E-state index >= 15 is 0 Å². The third kappa shape index (κ3) is 4.82. The molecule has 1 aromatic heterocycles. The number of piperidine rings is 2. The van der Waals surface area contributed by atoms with Crippen LogP contribution in [0.15, 0.2) is 24.5 Å². The minimum Gasteiger partial charge on any atom is -0.343 e.